The van der Waals surface area contributed by atoms with Crippen LogP contribution in [0.25, 0.3) is 0 Å². The summed E-state index contributed by atoms with van der Waals surface area (Å²) in [5.41, 5.74) is 0.309. The van der Waals surface area contributed by atoms with E-state index in [9.17, 15) is 0 Å². The van der Waals surface area contributed by atoms with E-state index in [4.69, 9.17) is 4.74 Å². The average molecular weight is 251 g/mol. The summed E-state index contributed by atoms with van der Waals surface area (Å²) < 4.78 is 6.49. The van der Waals surface area contributed by atoms with Gasteiger partial charge in [0.25, 0.3) is 0 Å². The topological polar surface area (TPSA) is 21.3 Å². The molecule has 18 heavy (non-hydrogen) atoms. The Balaban J connectivity index is 1.49. The highest BCUT2D eigenvalue weighted by atomic mass is 16.5. The summed E-state index contributed by atoms with van der Waals surface area (Å²) in [4.78, 5) is 0. The summed E-state index contributed by atoms with van der Waals surface area (Å²) in [5.74, 6) is 0.904. The summed E-state index contributed by atoms with van der Waals surface area (Å²) in [6.07, 6.45) is 14.0. The number of rotatable bonds is 2. The second-order valence-electron chi connectivity index (χ2n) is 7.04. The minimum atomic E-state index is 0.309. The Morgan fingerprint density at radius 3 is 2.72 bits per heavy atom. The molecule has 104 valence electrons. The van der Waals surface area contributed by atoms with Gasteiger partial charge in [0.15, 0.2) is 0 Å². The van der Waals surface area contributed by atoms with Gasteiger partial charge in [0, 0.05) is 6.04 Å². The van der Waals surface area contributed by atoms with E-state index in [0.717, 1.165) is 12.0 Å². The third kappa shape index (κ3) is 2.91. The molecule has 0 bridgehead atoms. The molecule has 3 rings (SSSR count). The fraction of sp³-hybridized carbons (Fsp3) is 1.00. The van der Waals surface area contributed by atoms with Crippen molar-refractivity contribution in [1.29, 1.82) is 0 Å². The fourth-order valence-corrected chi connectivity index (χ4v) is 4.34. The Kier molecular flexibility index (Phi) is 3.95. The van der Waals surface area contributed by atoms with Crippen molar-refractivity contribution in [3.63, 3.8) is 0 Å². The molecule has 1 saturated carbocycles. The lowest BCUT2D eigenvalue weighted by atomic mass is 9.83. The monoisotopic (exact) mass is 251 g/mol. The highest BCUT2D eigenvalue weighted by Crippen LogP contribution is 2.43. The second kappa shape index (κ2) is 5.50. The maximum Gasteiger partial charge on any atom is 0.0687 e. The molecule has 3 atom stereocenters. The van der Waals surface area contributed by atoms with Gasteiger partial charge in [-0.05, 0) is 57.4 Å². The second-order valence-corrected chi connectivity index (χ2v) is 7.04. The zero-order valence-corrected chi connectivity index (χ0v) is 11.9. The summed E-state index contributed by atoms with van der Waals surface area (Å²) in [6.45, 7) is 3.61. The summed E-state index contributed by atoms with van der Waals surface area (Å²) in [6, 6.07) is 0.720. The number of ether oxygens (including phenoxy) is 1. The SMILES string of the molecule is CC1CCNC(CC2CCC3(CCCCC3)O2)C1. The van der Waals surface area contributed by atoms with E-state index in [0.29, 0.717) is 11.7 Å². The molecular weight excluding hydrogens is 222 g/mol. The van der Waals surface area contributed by atoms with Gasteiger partial charge in [-0.3, -0.25) is 0 Å². The molecule has 2 saturated heterocycles. The van der Waals surface area contributed by atoms with Gasteiger partial charge in [0.1, 0.15) is 0 Å². The van der Waals surface area contributed by atoms with Gasteiger partial charge in [-0.2, -0.15) is 0 Å². The van der Waals surface area contributed by atoms with E-state index < -0.39 is 0 Å². The predicted molar refractivity (Wildman–Crippen MR) is 74.7 cm³/mol. The van der Waals surface area contributed by atoms with Crippen molar-refractivity contribution in [3.8, 4) is 0 Å². The molecule has 3 unspecified atom stereocenters. The van der Waals surface area contributed by atoms with Crippen LogP contribution >= 0.6 is 0 Å². The van der Waals surface area contributed by atoms with Gasteiger partial charge in [-0.25, -0.2) is 0 Å². The van der Waals surface area contributed by atoms with Crippen LogP contribution in [0.1, 0.15) is 71.1 Å². The van der Waals surface area contributed by atoms with Crippen LogP contribution in [0.4, 0.5) is 0 Å². The Morgan fingerprint density at radius 1 is 1.11 bits per heavy atom. The zero-order valence-electron chi connectivity index (χ0n) is 11.9. The summed E-state index contributed by atoms with van der Waals surface area (Å²) in [5, 5.41) is 3.69. The molecule has 0 aromatic carbocycles. The molecule has 3 aliphatic rings. The quantitative estimate of drug-likeness (QED) is 0.809. The summed E-state index contributed by atoms with van der Waals surface area (Å²) in [7, 11) is 0. The third-order valence-electron chi connectivity index (χ3n) is 5.41. The minimum Gasteiger partial charge on any atom is -0.372 e. The maximum atomic E-state index is 6.49. The first-order valence-corrected chi connectivity index (χ1v) is 8.17. The van der Waals surface area contributed by atoms with E-state index in [-0.39, 0.29) is 0 Å². The normalized spacial score (nSPS) is 40.2. The highest BCUT2D eigenvalue weighted by molar-refractivity contribution is 4.92. The molecule has 3 fully saturated rings. The van der Waals surface area contributed by atoms with Crippen molar-refractivity contribution in [2.45, 2.75) is 88.9 Å². The van der Waals surface area contributed by atoms with Crippen molar-refractivity contribution in [2.24, 2.45) is 5.92 Å². The molecule has 0 amide bonds. The number of hydrogen-bond acceptors (Lipinski definition) is 2. The number of nitrogens with one attached hydrogen (secondary N) is 1. The fourth-order valence-electron chi connectivity index (χ4n) is 4.34. The Labute approximate surface area is 112 Å². The lowest BCUT2D eigenvalue weighted by Crippen LogP contribution is -2.40. The van der Waals surface area contributed by atoms with Gasteiger partial charge >= 0.3 is 0 Å². The Bertz CT molecular complexity index is 272. The van der Waals surface area contributed by atoms with Crippen molar-refractivity contribution >= 4 is 0 Å². The highest BCUT2D eigenvalue weighted by Gasteiger charge is 2.41. The molecule has 1 spiro atoms. The molecule has 1 N–H and O–H groups in total. The molecule has 2 aliphatic heterocycles. The molecule has 1 aliphatic carbocycles. The van der Waals surface area contributed by atoms with Crippen molar-refractivity contribution < 1.29 is 4.74 Å². The molecule has 0 aromatic heterocycles. The minimum absolute atomic E-state index is 0.309. The third-order valence-corrected chi connectivity index (χ3v) is 5.41. The molecular formula is C16H29NO. The largest absolute Gasteiger partial charge is 0.372 e. The first kappa shape index (κ1) is 12.9. The van der Waals surface area contributed by atoms with Crippen molar-refractivity contribution in [2.75, 3.05) is 6.54 Å². The van der Waals surface area contributed by atoms with Gasteiger partial charge in [-0.15, -0.1) is 0 Å². The average Bonchev–Trinajstić information content (AvgIpc) is 2.73. The van der Waals surface area contributed by atoms with Crippen LogP contribution in [-0.4, -0.2) is 24.3 Å². The first-order valence-electron chi connectivity index (χ1n) is 8.17. The van der Waals surface area contributed by atoms with E-state index in [2.05, 4.69) is 12.2 Å². The molecule has 2 heteroatoms. The van der Waals surface area contributed by atoms with Crippen molar-refractivity contribution in [3.05, 3.63) is 0 Å². The molecule has 2 nitrogen and oxygen atoms in total. The first-order chi connectivity index (χ1) is 8.76. The molecule has 0 aromatic rings. The van der Waals surface area contributed by atoms with Gasteiger partial charge < -0.3 is 10.1 Å². The Morgan fingerprint density at radius 2 is 1.94 bits per heavy atom. The van der Waals surface area contributed by atoms with Gasteiger partial charge in [-0.1, -0.05) is 26.2 Å². The zero-order chi connectivity index (χ0) is 12.4. The standard InChI is InChI=1S/C16H29NO/c1-13-6-10-17-14(11-13)12-15-5-9-16(18-15)7-3-2-4-8-16/h13-15,17H,2-12H2,1H3. The van der Waals surface area contributed by atoms with E-state index in [1.165, 1.54) is 70.8 Å². The van der Waals surface area contributed by atoms with E-state index in [1.807, 2.05) is 0 Å². The van der Waals surface area contributed by atoms with Crippen LogP contribution in [-0.2, 0) is 4.74 Å². The lowest BCUT2D eigenvalue weighted by Gasteiger charge is -2.35. The predicted octanol–water partition coefficient (Wildman–Crippen LogP) is 3.65. The molecule has 2 heterocycles. The van der Waals surface area contributed by atoms with Gasteiger partial charge in [0.05, 0.1) is 11.7 Å². The van der Waals surface area contributed by atoms with Crippen LogP contribution in [0.2, 0.25) is 0 Å². The smallest absolute Gasteiger partial charge is 0.0687 e. The summed E-state index contributed by atoms with van der Waals surface area (Å²) >= 11 is 0. The number of piperidine rings is 1. The Hall–Kier alpha value is -0.0800. The van der Waals surface area contributed by atoms with Gasteiger partial charge in [0.2, 0.25) is 0 Å². The number of hydrogen-bond donors (Lipinski definition) is 1. The van der Waals surface area contributed by atoms with Crippen LogP contribution < -0.4 is 5.32 Å². The van der Waals surface area contributed by atoms with E-state index >= 15 is 0 Å². The van der Waals surface area contributed by atoms with Crippen LogP contribution in [0, 0.1) is 5.92 Å². The van der Waals surface area contributed by atoms with Crippen LogP contribution in [0.15, 0.2) is 0 Å². The van der Waals surface area contributed by atoms with Crippen LogP contribution in [0.5, 0.6) is 0 Å². The van der Waals surface area contributed by atoms with Crippen molar-refractivity contribution in [1.82, 2.24) is 5.32 Å². The maximum absolute atomic E-state index is 6.49. The lowest BCUT2D eigenvalue weighted by molar-refractivity contribution is -0.0689. The molecule has 0 radical (unpaired) electrons. The van der Waals surface area contributed by atoms with Crippen LogP contribution in [0.3, 0.4) is 0 Å². The van der Waals surface area contributed by atoms with E-state index in [1.54, 1.807) is 0 Å².